The number of phenolic OH excluding ortho intramolecular Hbond substituents is 1. The van der Waals surface area contributed by atoms with E-state index in [1.807, 2.05) is 0 Å². The quantitative estimate of drug-likeness (QED) is 0.745. The van der Waals surface area contributed by atoms with Gasteiger partial charge in [-0.25, -0.2) is 0 Å². The Labute approximate surface area is 89.3 Å². The van der Waals surface area contributed by atoms with E-state index in [9.17, 15) is 4.79 Å². The van der Waals surface area contributed by atoms with Gasteiger partial charge in [0.15, 0.2) is 0 Å². The van der Waals surface area contributed by atoms with E-state index in [0.717, 1.165) is 5.56 Å². The smallest absolute Gasteiger partial charge is 0.227 e. The predicted octanol–water partition coefficient (Wildman–Crippen LogP) is 1.03. The molecule has 0 unspecified atom stereocenters. The number of amides is 1. The van der Waals surface area contributed by atoms with Gasteiger partial charge in [-0.3, -0.25) is 4.79 Å². The van der Waals surface area contributed by atoms with Gasteiger partial charge in [0.05, 0.1) is 13.0 Å². The van der Waals surface area contributed by atoms with Crippen LogP contribution in [0.1, 0.15) is 5.56 Å². The zero-order valence-corrected chi connectivity index (χ0v) is 8.60. The van der Waals surface area contributed by atoms with Gasteiger partial charge in [0.2, 0.25) is 5.91 Å². The van der Waals surface area contributed by atoms with Gasteiger partial charge in [0.1, 0.15) is 5.75 Å². The van der Waals surface area contributed by atoms with Gasteiger partial charge in [-0.1, -0.05) is 18.1 Å². The molecule has 0 aliphatic heterocycles. The first-order chi connectivity index (χ1) is 7.13. The largest absolute Gasteiger partial charge is 0.508 e. The van der Waals surface area contributed by atoms with Gasteiger partial charge in [0.25, 0.3) is 0 Å². The highest BCUT2D eigenvalue weighted by Crippen LogP contribution is 2.10. The third-order valence-electron chi connectivity index (χ3n) is 2.05. The molecule has 0 aliphatic rings. The van der Waals surface area contributed by atoms with Gasteiger partial charge in [0, 0.05) is 7.05 Å². The van der Waals surface area contributed by atoms with Crippen LogP contribution >= 0.6 is 0 Å². The SMILES string of the molecule is C#CCN(C)C(=O)Cc1ccc(O)cc1. The highest BCUT2D eigenvalue weighted by Gasteiger charge is 2.07. The zero-order chi connectivity index (χ0) is 11.3. The second-order valence-corrected chi connectivity index (χ2v) is 3.30. The minimum Gasteiger partial charge on any atom is -0.508 e. The van der Waals surface area contributed by atoms with Crippen LogP contribution in [0.3, 0.4) is 0 Å². The standard InChI is InChI=1S/C12H13NO2/c1-3-8-13(2)12(15)9-10-4-6-11(14)7-5-10/h1,4-7,14H,8-9H2,2H3. The summed E-state index contributed by atoms with van der Waals surface area (Å²) in [5.41, 5.74) is 0.863. The van der Waals surface area contributed by atoms with E-state index in [-0.39, 0.29) is 11.7 Å². The van der Waals surface area contributed by atoms with Crippen molar-refractivity contribution >= 4 is 5.91 Å². The molecule has 0 radical (unpaired) electrons. The van der Waals surface area contributed by atoms with Crippen LogP contribution in [0, 0.1) is 12.3 Å². The van der Waals surface area contributed by atoms with Crippen LogP contribution in [0.2, 0.25) is 0 Å². The number of hydrogen-bond acceptors (Lipinski definition) is 2. The van der Waals surface area contributed by atoms with Crippen LogP contribution < -0.4 is 0 Å². The van der Waals surface area contributed by atoms with E-state index < -0.39 is 0 Å². The van der Waals surface area contributed by atoms with Crippen molar-refractivity contribution in [2.75, 3.05) is 13.6 Å². The fourth-order valence-corrected chi connectivity index (χ4v) is 1.15. The van der Waals surface area contributed by atoms with E-state index in [0.29, 0.717) is 13.0 Å². The van der Waals surface area contributed by atoms with Crippen molar-refractivity contribution in [1.29, 1.82) is 0 Å². The number of hydrogen-bond donors (Lipinski definition) is 1. The molecule has 1 amide bonds. The zero-order valence-electron chi connectivity index (χ0n) is 8.60. The maximum Gasteiger partial charge on any atom is 0.227 e. The highest BCUT2D eigenvalue weighted by atomic mass is 16.3. The van der Waals surface area contributed by atoms with Crippen LogP contribution in [-0.4, -0.2) is 29.5 Å². The Hall–Kier alpha value is -1.95. The number of rotatable bonds is 3. The third kappa shape index (κ3) is 3.35. The number of likely N-dealkylation sites (N-methyl/N-ethyl adjacent to an activating group) is 1. The maximum absolute atomic E-state index is 11.6. The summed E-state index contributed by atoms with van der Waals surface area (Å²) in [5.74, 6) is 2.58. The number of benzene rings is 1. The average Bonchev–Trinajstić information content (AvgIpc) is 2.22. The lowest BCUT2D eigenvalue weighted by atomic mass is 10.1. The van der Waals surface area contributed by atoms with Crippen LogP contribution in [0.4, 0.5) is 0 Å². The van der Waals surface area contributed by atoms with Crippen molar-refractivity contribution in [2.24, 2.45) is 0 Å². The molecule has 3 heteroatoms. The third-order valence-corrected chi connectivity index (χ3v) is 2.05. The molecule has 0 aromatic heterocycles. The van der Waals surface area contributed by atoms with Crippen LogP contribution in [0.25, 0.3) is 0 Å². The number of aromatic hydroxyl groups is 1. The van der Waals surface area contributed by atoms with E-state index >= 15 is 0 Å². The second kappa shape index (κ2) is 5.06. The average molecular weight is 203 g/mol. The molecule has 0 atom stereocenters. The number of carbonyl (C=O) groups is 1. The number of phenols is 1. The molecule has 0 fully saturated rings. The van der Waals surface area contributed by atoms with E-state index in [4.69, 9.17) is 11.5 Å². The Kier molecular flexibility index (Phi) is 3.75. The first-order valence-electron chi connectivity index (χ1n) is 4.59. The molecule has 1 rings (SSSR count). The summed E-state index contributed by atoms with van der Waals surface area (Å²) in [6, 6.07) is 6.56. The Bertz CT molecular complexity index is 376. The lowest BCUT2D eigenvalue weighted by Crippen LogP contribution is -2.28. The van der Waals surface area contributed by atoms with Crippen molar-refractivity contribution in [3.8, 4) is 18.1 Å². The Morgan fingerprint density at radius 1 is 1.47 bits per heavy atom. The van der Waals surface area contributed by atoms with Crippen molar-refractivity contribution in [2.45, 2.75) is 6.42 Å². The maximum atomic E-state index is 11.6. The summed E-state index contributed by atoms with van der Waals surface area (Å²) in [5, 5.41) is 9.06. The molecule has 3 nitrogen and oxygen atoms in total. The minimum absolute atomic E-state index is 0.0290. The predicted molar refractivity (Wildman–Crippen MR) is 58.3 cm³/mol. The molecular formula is C12H13NO2. The summed E-state index contributed by atoms with van der Waals surface area (Å²) >= 11 is 0. The number of nitrogens with zero attached hydrogens (tertiary/aromatic N) is 1. The van der Waals surface area contributed by atoms with E-state index in [1.165, 1.54) is 4.90 Å². The van der Waals surface area contributed by atoms with Gasteiger partial charge in [-0.05, 0) is 17.7 Å². The molecule has 1 aromatic rings. The minimum atomic E-state index is -0.0290. The molecule has 1 aromatic carbocycles. The molecule has 0 aliphatic carbocycles. The number of carbonyl (C=O) groups excluding carboxylic acids is 1. The highest BCUT2D eigenvalue weighted by molar-refractivity contribution is 5.78. The van der Waals surface area contributed by atoms with E-state index in [1.54, 1.807) is 31.3 Å². The fraction of sp³-hybridized carbons (Fsp3) is 0.250. The normalized spacial score (nSPS) is 9.33. The molecule has 0 spiro atoms. The summed E-state index contributed by atoms with van der Waals surface area (Å²) in [6.45, 7) is 0.316. The Balaban J connectivity index is 2.59. The molecule has 1 N–H and O–H groups in total. The Morgan fingerprint density at radius 2 is 2.07 bits per heavy atom. The molecular weight excluding hydrogens is 190 g/mol. The molecule has 0 saturated heterocycles. The fourth-order valence-electron chi connectivity index (χ4n) is 1.15. The summed E-state index contributed by atoms with van der Waals surface area (Å²) in [7, 11) is 1.67. The van der Waals surface area contributed by atoms with Crippen LogP contribution in [-0.2, 0) is 11.2 Å². The van der Waals surface area contributed by atoms with Gasteiger partial charge < -0.3 is 10.0 Å². The Morgan fingerprint density at radius 3 is 2.60 bits per heavy atom. The summed E-state index contributed by atoms with van der Waals surface area (Å²) < 4.78 is 0. The lowest BCUT2D eigenvalue weighted by Gasteiger charge is -2.13. The molecule has 15 heavy (non-hydrogen) atoms. The lowest BCUT2D eigenvalue weighted by molar-refractivity contribution is -0.128. The first-order valence-corrected chi connectivity index (χ1v) is 4.59. The van der Waals surface area contributed by atoms with Gasteiger partial charge in [-0.2, -0.15) is 0 Å². The van der Waals surface area contributed by atoms with Gasteiger partial charge in [-0.15, -0.1) is 6.42 Å². The van der Waals surface area contributed by atoms with Crippen LogP contribution in [0.5, 0.6) is 5.75 Å². The molecule has 0 heterocycles. The van der Waals surface area contributed by atoms with Crippen molar-refractivity contribution < 1.29 is 9.90 Å². The topological polar surface area (TPSA) is 40.5 Å². The molecule has 0 saturated carbocycles. The summed E-state index contributed by atoms with van der Waals surface area (Å²) in [4.78, 5) is 13.0. The summed E-state index contributed by atoms with van der Waals surface area (Å²) in [6.07, 6.45) is 5.41. The van der Waals surface area contributed by atoms with Crippen LogP contribution in [0.15, 0.2) is 24.3 Å². The van der Waals surface area contributed by atoms with Crippen molar-refractivity contribution in [3.05, 3.63) is 29.8 Å². The van der Waals surface area contributed by atoms with Crippen molar-refractivity contribution in [1.82, 2.24) is 4.90 Å². The first kappa shape index (κ1) is 11.1. The molecule has 0 bridgehead atoms. The molecule has 78 valence electrons. The number of terminal acetylenes is 1. The van der Waals surface area contributed by atoms with E-state index in [2.05, 4.69) is 5.92 Å². The second-order valence-electron chi connectivity index (χ2n) is 3.30. The monoisotopic (exact) mass is 203 g/mol. The van der Waals surface area contributed by atoms with Crippen molar-refractivity contribution in [3.63, 3.8) is 0 Å². The van der Waals surface area contributed by atoms with Gasteiger partial charge >= 0.3 is 0 Å².